The predicted molar refractivity (Wildman–Crippen MR) is 136 cm³/mol. The van der Waals surface area contributed by atoms with Crippen LogP contribution in [0.3, 0.4) is 0 Å². The van der Waals surface area contributed by atoms with E-state index >= 15 is 0 Å². The molecule has 0 saturated heterocycles. The summed E-state index contributed by atoms with van der Waals surface area (Å²) in [6.07, 6.45) is 0. The van der Waals surface area contributed by atoms with Gasteiger partial charge in [0.05, 0.1) is 18.2 Å². The number of aliphatic hydroxyl groups is 1. The Morgan fingerprint density at radius 1 is 1.03 bits per heavy atom. The maximum absolute atomic E-state index is 13.3. The maximum atomic E-state index is 13.3. The Kier molecular flexibility index (Phi) is 6.89. The number of Topliss-reactive ketones (excluding diaryl/α,β-unsaturated/α-hetero) is 1. The van der Waals surface area contributed by atoms with Gasteiger partial charge in [-0.2, -0.15) is 11.3 Å². The number of ether oxygens (including phenoxy) is 1. The molecule has 1 aliphatic heterocycles. The summed E-state index contributed by atoms with van der Waals surface area (Å²) in [5.41, 5.74) is 3.52. The molecule has 1 N–H and O–H groups in total. The van der Waals surface area contributed by atoms with E-state index in [1.54, 1.807) is 25.2 Å². The monoisotopic (exact) mass is 475 g/mol. The third kappa shape index (κ3) is 4.50. The second kappa shape index (κ2) is 9.85. The number of para-hydroxylation sites is 1. The second-order valence-corrected chi connectivity index (χ2v) is 9.94. The average Bonchev–Trinajstić information content (AvgIpc) is 3.45. The molecule has 2 aromatic carbocycles. The minimum absolute atomic E-state index is 0.113. The molecule has 1 aromatic heterocycles. The van der Waals surface area contributed by atoms with Gasteiger partial charge in [-0.05, 0) is 52.1 Å². The van der Waals surface area contributed by atoms with Crippen LogP contribution in [0.15, 0.2) is 76.7 Å². The summed E-state index contributed by atoms with van der Waals surface area (Å²) in [6.45, 7) is 8.15. The first-order valence-corrected chi connectivity index (χ1v) is 12.4. The molecule has 0 aliphatic carbocycles. The third-order valence-corrected chi connectivity index (χ3v) is 6.47. The minimum Gasteiger partial charge on any atom is -0.503 e. The van der Waals surface area contributed by atoms with Crippen LogP contribution in [0, 0.1) is 11.8 Å². The summed E-state index contributed by atoms with van der Waals surface area (Å²) in [5, 5.41) is 15.0. The lowest BCUT2D eigenvalue weighted by atomic mass is 9.90. The van der Waals surface area contributed by atoms with Gasteiger partial charge in [-0.1, -0.05) is 58.0 Å². The Hall–Kier alpha value is -3.38. The summed E-state index contributed by atoms with van der Waals surface area (Å²) in [7, 11) is 0. The number of nitrogens with zero attached hydrogens (tertiary/aromatic N) is 1. The zero-order chi connectivity index (χ0) is 24.4. The van der Waals surface area contributed by atoms with Gasteiger partial charge in [-0.3, -0.25) is 14.5 Å². The minimum atomic E-state index is -0.780. The SMILES string of the molecule is CC(C)COc1ccccc1C1C(C(=O)C(C)C)=C(O)C(=O)N1c1ccc(-c2ccsc2)cc1. The van der Waals surface area contributed by atoms with Crippen molar-refractivity contribution in [1.82, 2.24) is 0 Å². The van der Waals surface area contributed by atoms with E-state index in [1.807, 2.05) is 60.0 Å². The number of amides is 1. The van der Waals surface area contributed by atoms with Gasteiger partial charge in [0.1, 0.15) is 5.75 Å². The van der Waals surface area contributed by atoms with Gasteiger partial charge in [0.15, 0.2) is 11.5 Å². The lowest BCUT2D eigenvalue weighted by molar-refractivity contribution is -0.119. The Morgan fingerprint density at radius 2 is 1.74 bits per heavy atom. The Morgan fingerprint density at radius 3 is 2.35 bits per heavy atom. The van der Waals surface area contributed by atoms with Crippen molar-refractivity contribution in [3.05, 3.63) is 82.3 Å². The van der Waals surface area contributed by atoms with Crippen LogP contribution in [-0.4, -0.2) is 23.4 Å². The molecule has 3 aromatic rings. The number of rotatable bonds is 8. The number of anilines is 1. The largest absolute Gasteiger partial charge is 0.503 e. The molecule has 5 nitrogen and oxygen atoms in total. The van der Waals surface area contributed by atoms with E-state index in [0.29, 0.717) is 29.5 Å². The molecule has 0 spiro atoms. The quantitative estimate of drug-likeness (QED) is 0.400. The fourth-order valence-electron chi connectivity index (χ4n) is 4.07. The molecule has 0 bridgehead atoms. The molecule has 1 unspecified atom stereocenters. The molecule has 4 rings (SSSR count). The Balaban J connectivity index is 1.82. The topological polar surface area (TPSA) is 66.8 Å². The van der Waals surface area contributed by atoms with Crippen LogP contribution in [0.1, 0.15) is 39.3 Å². The fraction of sp³-hybridized carbons (Fsp3) is 0.286. The maximum Gasteiger partial charge on any atom is 0.294 e. The van der Waals surface area contributed by atoms with Gasteiger partial charge in [0.25, 0.3) is 5.91 Å². The first-order chi connectivity index (χ1) is 16.3. The van der Waals surface area contributed by atoms with Crippen LogP contribution in [0.5, 0.6) is 5.75 Å². The number of aliphatic hydroxyl groups excluding tert-OH is 1. The zero-order valence-electron chi connectivity index (χ0n) is 19.8. The molecule has 0 saturated carbocycles. The van der Waals surface area contributed by atoms with Crippen LogP contribution in [0.25, 0.3) is 11.1 Å². The van der Waals surface area contributed by atoms with E-state index in [9.17, 15) is 14.7 Å². The van der Waals surface area contributed by atoms with Gasteiger partial charge in [0, 0.05) is 17.2 Å². The van der Waals surface area contributed by atoms with Crippen LogP contribution in [0.4, 0.5) is 5.69 Å². The molecule has 34 heavy (non-hydrogen) atoms. The number of hydrogen-bond acceptors (Lipinski definition) is 5. The summed E-state index contributed by atoms with van der Waals surface area (Å²) in [4.78, 5) is 28.1. The number of carbonyl (C=O) groups is 2. The van der Waals surface area contributed by atoms with E-state index in [0.717, 1.165) is 11.1 Å². The van der Waals surface area contributed by atoms with E-state index in [2.05, 4.69) is 19.2 Å². The normalized spacial score (nSPS) is 16.1. The smallest absolute Gasteiger partial charge is 0.294 e. The highest BCUT2D eigenvalue weighted by Crippen LogP contribution is 2.45. The highest BCUT2D eigenvalue weighted by molar-refractivity contribution is 7.08. The Labute approximate surface area is 204 Å². The molecule has 1 amide bonds. The van der Waals surface area contributed by atoms with Crippen molar-refractivity contribution in [1.29, 1.82) is 0 Å². The highest BCUT2D eigenvalue weighted by atomic mass is 32.1. The Bertz CT molecular complexity index is 1210. The van der Waals surface area contributed by atoms with Crippen molar-refractivity contribution >= 4 is 28.7 Å². The van der Waals surface area contributed by atoms with Crippen molar-refractivity contribution in [3.63, 3.8) is 0 Å². The van der Waals surface area contributed by atoms with Gasteiger partial charge >= 0.3 is 0 Å². The molecule has 1 aliphatic rings. The summed E-state index contributed by atoms with van der Waals surface area (Å²) in [6, 6.07) is 16.3. The molecular formula is C28H29NO4S. The van der Waals surface area contributed by atoms with Crippen molar-refractivity contribution < 1.29 is 19.4 Å². The van der Waals surface area contributed by atoms with Crippen LogP contribution < -0.4 is 9.64 Å². The van der Waals surface area contributed by atoms with Gasteiger partial charge < -0.3 is 9.84 Å². The number of carbonyl (C=O) groups excluding carboxylic acids is 2. The molecule has 0 radical (unpaired) electrons. The van der Waals surface area contributed by atoms with E-state index < -0.39 is 17.7 Å². The van der Waals surface area contributed by atoms with Crippen LogP contribution in [0.2, 0.25) is 0 Å². The van der Waals surface area contributed by atoms with Gasteiger partial charge in [-0.15, -0.1) is 0 Å². The van der Waals surface area contributed by atoms with Crippen molar-refractivity contribution in [3.8, 4) is 16.9 Å². The first-order valence-electron chi connectivity index (χ1n) is 11.4. The molecule has 176 valence electrons. The predicted octanol–water partition coefficient (Wildman–Crippen LogP) is 6.58. The molecule has 1 atom stereocenters. The summed E-state index contributed by atoms with van der Waals surface area (Å²) in [5.74, 6) is -0.818. The summed E-state index contributed by atoms with van der Waals surface area (Å²) >= 11 is 1.62. The van der Waals surface area contributed by atoms with Crippen LogP contribution >= 0.6 is 11.3 Å². The molecule has 6 heteroatoms. The molecule has 0 fully saturated rings. The first kappa shape index (κ1) is 23.8. The fourth-order valence-corrected chi connectivity index (χ4v) is 4.73. The van der Waals surface area contributed by atoms with Crippen LogP contribution in [-0.2, 0) is 9.59 Å². The van der Waals surface area contributed by atoms with Gasteiger partial charge in [0.2, 0.25) is 0 Å². The molecular weight excluding hydrogens is 446 g/mol. The van der Waals surface area contributed by atoms with Crippen molar-refractivity contribution in [2.75, 3.05) is 11.5 Å². The molecule has 2 heterocycles. The van der Waals surface area contributed by atoms with E-state index in [4.69, 9.17) is 4.74 Å². The van der Waals surface area contributed by atoms with Crippen molar-refractivity contribution in [2.45, 2.75) is 33.7 Å². The van der Waals surface area contributed by atoms with E-state index in [1.165, 1.54) is 4.90 Å². The average molecular weight is 476 g/mol. The highest BCUT2D eigenvalue weighted by Gasteiger charge is 2.45. The third-order valence-electron chi connectivity index (χ3n) is 5.78. The number of hydrogen-bond donors (Lipinski definition) is 1. The lowest BCUT2D eigenvalue weighted by Crippen LogP contribution is -2.31. The summed E-state index contributed by atoms with van der Waals surface area (Å²) < 4.78 is 6.07. The lowest BCUT2D eigenvalue weighted by Gasteiger charge is -2.29. The van der Waals surface area contributed by atoms with E-state index in [-0.39, 0.29) is 17.3 Å². The second-order valence-electron chi connectivity index (χ2n) is 9.16. The zero-order valence-corrected chi connectivity index (χ0v) is 20.6. The number of ketones is 1. The van der Waals surface area contributed by atoms with Gasteiger partial charge in [-0.25, -0.2) is 0 Å². The van der Waals surface area contributed by atoms with Crippen molar-refractivity contribution in [2.24, 2.45) is 11.8 Å². The number of benzene rings is 2. The standard InChI is InChI=1S/C28H29NO4S/c1-17(2)15-33-23-8-6-5-7-22(23)25-24(26(30)18(3)4)27(31)28(32)29(25)21-11-9-19(10-12-21)20-13-14-34-16-20/h5-14,16-18,25,31H,15H2,1-4H3. The number of thiophene rings is 1.